The predicted molar refractivity (Wildman–Crippen MR) is 88.3 cm³/mol. The molecular formula is C15H19N3O2S2. The van der Waals surface area contributed by atoms with Crippen molar-refractivity contribution in [2.75, 3.05) is 13.1 Å². The number of benzene rings is 1. The molecule has 1 aliphatic rings. The molecule has 0 spiro atoms. The van der Waals surface area contributed by atoms with Gasteiger partial charge in [0.2, 0.25) is 10.0 Å². The number of piperidine rings is 1. The van der Waals surface area contributed by atoms with Crippen LogP contribution in [0.1, 0.15) is 18.5 Å². The summed E-state index contributed by atoms with van der Waals surface area (Å²) in [6.07, 6.45) is 1.43. The summed E-state index contributed by atoms with van der Waals surface area (Å²) >= 11 is 1.52. The highest BCUT2D eigenvalue weighted by Gasteiger charge is 2.28. The molecule has 0 aliphatic carbocycles. The molecule has 3 rings (SSSR count). The molecule has 1 aromatic carbocycles. The summed E-state index contributed by atoms with van der Waals surface area (Å²) in [6.45, 7) is 2.91. The number of nitrogens with two attached hydrogens (primary N) is 1. The van der Waals surface area contributed by atoms with Gasteiger partial charge in [0, 0.05) is 35.8 Å². The van der Waals surface area contributed by atoms with Crippen LogP contribution >= 0.6 is 11.3 Å². The normalized spacial score (nSPS) is 17.7. The molecule has 1 aliphatic heterocycles. The van der Waals surface area contributed by atoms with Crippen molar-refractivity contribution in [2.24, 2.45) is 5.73 Å². The second kappa shape index (κ2) is 6.08. The first-order chi connectivity index (χ1) is 10.5. The van der Waals surface area contributed by atoms with E-state index < -0.39 is 10.0 Å². The van der Waals surface area contributed by atoms with E-state index in [9.17, 15) is 8.42 Å². The molecule has 2 N–H and O–H groups in total. The maximum absolute atomic E-state index is 12.8. The molecule has 7 heteroatoms. The summed E-state index contributed by atoms with van der Waals surface area (Å²) in [5.74, 6) is 0. The SMILES string of the molecule is Cc1csc(-c2cccc(S(=O)(=O)N3CCC(N)CC3)c2)n1. The van der Waals surface area contributed by atoms with Crippen molar-refractivity contribution in [2.45, 2.75) is 30.7 Å². The maximum Gasteiger partial charge on any atom is 0.243 e. The Labute approximate surface area is 134 Å². The summed E-state index contributed by atoms with van der Waals surface area (Å²) in [5.41, 5.74) is 7.64. The largest absolute Gasteiger partial charge is 0.328 e. The highest BCUT2D eigenvalue weighted by molar-refractivity contribution is 7.89. The molecule has 2 heterocycles. The smallest absolute Gasteiger partial charge is 0.243 e. The maximum atomic E-state index is 12.8. The van der Waals surface area contributed by atoms with Gasteiger partial charge in [-0.3, -0.25) is 0 Å². The lowest BCUT2D eigenvalue weighted by atomic mass is 10.1. The third-order valence-electron chi connectivity index (χ3n) is 3.84. The first kappa shape index (κ1) is 15.6. The Kier molecular flexibility index (Phi) is 4.31. The highest BCUT2D eigenvalue weighted by Crippen LogP contribution is 2.27. The monoisotopic (exact) mass is 337 g/mol. The zero-order chi connectivity index (χ0) is 15.7. The van der Waals surface area contributed by atoms with E-state index in [-0.39, 0.29) is 6.04 Å². The molecule has 0 atom stereocenters. The average molecular weight is 337 g/mol. The Bertz CT molecular complexity index is 763. The summed E-state index contributed by atoms with van der Waals surface area (Å²) in [7, 11) is -3.45. The molecule has 0 amide bonds. The Morgan fingerprint density at radius 3 is 2.68 bits per heavy atom. The minimum absolute atomic E-state index is 0.107. The second-order valence-corrected chi connectivity index (χ2v) is 8.36. The van der Waals surface area contributed by atoms with Crippen LogP contribution in [-0.4, -0.2) is 36.8 Å². The van der Waals surface area contributed by atoms with Crippen molar-refractivity contribution < 1.29 is 8.42 Å². The third-order valence-corrected chi connectivity index (χ3v) is 6.74. The summed E-state index contributed by atoms with van der Waals surface area (Å²) in [4.78, 5) is 4.75. The summed E-state index contributed by atoms with van der Waals surface area (Å²) in [5, 5.41) is 2.80. The fraction of sp³-hybridized carbons (Fsp3) is 0.400. The van der Waals surface area contributed by atoms with Crippen LogP contribution in [0.2, 0.25) is 0 Å². The minimum Gasteiger partial charge on any atom is -0.328 e. The topological polar surface area (TPSA) is 76.3 Å². The Morgan fingerprint density at radius 2 is 2.05 bits per heavy atom. The van der Waals surface area contributed by atoms with Crippen molar-refractivity contribution in [1.82, 2.24) is 9.29 Å². The van der Waals surface area contributed by atoms with Crippen molar-refractivity contribution in [3.8, 4) is 10.6 Å². The van der Waals surface area contributed by atoms with Gasteiger partial charge in [-0.05, 0) is 31.9 Å². The Hall–Kier alpha value is -1.28. The van der Waals surface area contributed by atoms with Crippen LogP contribution in [0.3, 0.4) is 0 Å². The fourth-order valence-electron chi connectivity index (χ4n) is 2.54. The summed E-state index contributed by atoms with van der Waals surface area (Å²) in [6, 6.07) is 7.13. The van der Waals surface area contributed by atoms with Crippen LogP contribution in [0, 0.1) is 6.92 Å². The van der Waals surface area contributed by atoms with Crippen LogP contribution in [-0.2, 0) is 10.0 Å². The van der Waals surface area contributed by atoms with Gasteiger partial charge in [-0.25, -0.2) is 13.4 Å². The van der Waals surface area contributed by atoms with Gasteiger partial charge >= 0.3 is 0 Å². The zero-order valence-corrected chi connectivity index (χ0v) is 14.0. The Morgan fingerprint density at radius 1 is 1.32 bits per heavy atom. The van der Waals surface area contributed by atoms with E-state index in [0.29, 0.717) is 30.8 Å². The molecular weight excluding hydrogens is 318 g/mol. The lowest BCUT2D eigenvalue weighted by Gasteiger charge is -2.29. The number of nitrogens with zero attached hydrogens (tertiary/aromatic N) is 2. The molecule has 1 aromatic heterocycles. The van der Waals surface area contributed by atoms with E-state index >= 15 is 0 Å². The molecule has 1 saturated heterocycles. The molecule has 22 heavy (non-hydrogen) atoms. The van der Waals surface area contributed by atoms with Crippen LogP contribution in [0.25, 0.3) is 10.6 Å². The van der Waals surface area contributed by atoms with Gasteiger partial charge in [0.1, 0.15) is 5.01 Å². The molecule has 2 aromatic rings. The Balaban J connectivity index is 1.91. The lowest BCUT2D eigenvalue weighted by Crippen LogP contribution is -2.42. The number of hydrogen-bond acceptors (Lipinski definition) is 5. The quantitative estimate of drug-likeness (QED) is 0.932. The van der Waals surface area contributed by atoms with E-state index in [0.717, 1.165) is 16.3 Å². The first-order valence-corrected chi connectivity index (χ1v) is 9.57. The van der Waals surface area contributed by atoms with E-state index in [1.54, 1.807) is 18.2 Å². The van der Waals surface area contributed by atoms with Crippen LogP contribution in [0.5, 0.6) is 0 Å². The van der Waals surface area contributed by atoms with E-state index in [4.69, 9.17) is 5.73 Å². The molecule has 0 unspecified atom stereocenters. The molecule has 0 saturated carbocycles. The molecule has 118 valence electrons. The molecule has 0 radical (unpaired) electrons. The summed E-state index contributed by atoms with van der Waals surface area (Å²) < 4.78 is 27.0. The van der Waals surface area contributed by atoms with Crippen molar-refractivity contribution >= 4 is 21.4 Å². The fourth-order valence-corrected chi connectivity index (χ4v) is 4.85. The van der Waals surface area contributed by atoms with Crippen molar-refractivity contribution in [3.63, 3.8) is 0 Å². The number of rotatable bonds is 3. The van der Waals surface area contributed by atoms with Crippen LogP contribution < -0.4 is 5.73 Å². The molecule has 0 bridgehead atoms. The average Bonchev–Trinajstić information content (AvgIpc) is 2.94. The molecule has 5 nitrogen and oxygen atoms in total. The van der Waals surface area contributed by atoms with E-state index in [1.807, 2.05) is 18.4 Å². The van der Waals surface area contributed by atoms with Crippen LogP contribution in [0.4, 0.5) is 0 Å². The van der Waals surface area contributed by atoms with E-state index in [2.05, 4.69) is 4.98 Å². The predicted octanol–water partition coefficient (Wildman–Crippen LogP) is 2.23. The minimum atomic E-state index is -3.45. The number of aryl methyl sites for hydroxylation is 1. The van der Waals surface area contributed by atoms with Gasteiger partial charge in [0.15, 0.2) is 0 Å². The number of aromatic nitrogens is 1. The van der Waals surface area contributed by atoms with E-state index in [1.165, 1.54) is 15.6 Å². The van der Waals surface area contributed by atoms with Crippen LogP contribution in [0.15, 0.2) is 34.5 Å². The van der Waals surface area contributed by atoms with Gasteiger partial charge in [-0.15, -0.1) is 11.3 Å². The van der Waals surface area contributed by atoms with Crippen molar-refractivity contribution in [1.29, 1.82) is 0 Å². The highest BCUT2D eigenvalue weighted by atomic mass is 32.2. The number of thiazole rings is 1. The first-order valence-electron chi connectivity index (χ1n) is 7.25. The number of sulfonamides is 1. The standard InChI is InChI=1S/C15H19N3O2S2/c1-11-10-21-15(17-11)12-3-2-4-14(9-12)22(19,20)18-7-5-13(16)6-8-18/h2-4,9-10,13H,5-8,16H2,1H3. The van der Waals surface area contributed by atoms with Gasteiger partial charge in [0.25, 0.3) is 0 Å². The number of hydrogen-bond donors (Lipinski definition) is 1. The van der Waals surface area contributed by atoms with Crippen molar-refractivity contribution in [3.05, 3.63) is 35.3 Å². The van der Waals surface area contributed by atoms with Gasteiger partial charge in [-0.2, -0.15) is 4.31 Å². The van der Waals surface area contributed by atoms with Gasteiger partial charge in [0.05, 0.1) is 4.90 Å². The second-order valence-electron chi connectivity index (χ2n) is 5.56. The lowest BCUT2D eigenvalue weighted by molar-refractivity contribution is 0.320. The third kappa shape index (κ3) is 3.08. The molecule has 1 fully saturated rings. The van der Waals surface area contributed by atoms with Gasteiger partial charge in [-0.1, -0.05) is 12.1 Å². The van der Waals surface area contributed by atoms with Gasteiger partial charge < -0.3 is 5.73 Å². The zero-order valence-electron chi connectivity index (χ0n) is 12.4.